The van der Waals surface area contributed by atoms with Crippen LogP contribution in [0.3, 0.4) is 0 Å². The predicted octanol–water partition coefficient (Wildman–Crippen LogP) is 0.983. The Morgan fingerprint density at radius 3 is 2.93 bits per heavy atom. The van der Waals surface area contributed by atoms with Gasteiger partial charge in [-0.05, 0) is 37.2 Å². The lowest BCUT2D eigenvalue weighted by Gasteiger charge is -2.10. The van der Waals surface area contributed by atoms with Crippen molar-refractivity contribution in [2.45, 2.75) is 31.7 Å². The zero-order chi connectivity index (χ0) is 10.4. The molecule has 14 heavy (non-hydrogen) atoms. The molecule has 0 radical (unpaired) electrons. The summed E-state index contributed by atoms with van der Waals surface area (Å²) in [7, 11) is 0. The van der Waals surface area contributed by atoms with Gasteiger partial charge in [0.15, 0.2) is 0 Å². The molecule has 82 valence electrons. The van der Waals surface area contributed by atoms with E-state index in [0.717, 1.165) is 18.7 Å². The van der Waals surface area contributed by atoms with E-state index < -0.39 is 0 Å². The summed E-state index contributed by atoms with van der Waals surface area (Å²) in [4.78, 5) is 11.4. The van der Waals surface area contributed by atoms with Gasteiger partial charge in [0.25, 0.3) is 0 Å². The summed E-state index contributed by atoms with van der Waals surface area (Å²) in [5, 5.41) is 2.90. The van der Waals surface area contributed by atoms with Crippen molar-refractivity contribution in [2.24, 2.45) is 11.7 Å². The average Bonchev–Trinajstić information content (AvgIpc) is 2.95. The summed E-state index contributed by atoms with van der Waals surface area (Å²) in [6, 6.07) is 0.0931. The summed E-state index contributed by atoms with van der Waals surface area (Å²) in [5.74, 6) is 1.84. The maximum absolute atomic E-state index is 11.4. The molecule has 1 rings (SSSR count). The summed E-state index contributed by atoms with van der Waals surface area (Å²) in [5.41, 5.74) is 5.85. The second kappa shape index (κ2) is 6.30. The molecule has 0 aromatic heterocycles. The topological polar surface area (TPSA) is 55.1 Å². The van der Waals surface area contributed by atoms with E-state index in [0.29, 0.717) is 12.3 Å². The van der Waals surface area contributed by atoms with Crippen LogP contribution in [-0.2, 0) is 4.79 Å². The summed E-state index contributed by atoms with van der Waals surface area (Å²) < 4.78 is 0. The fourth-order valence-corrected chi connectivity index (χ4v) is 1.85. The Kier molecular flexibility index (Phi) is 5.33. The molecule has 1 aliphatic carbocycles. The van der Waals surface area contributed by atoms with Crippen LogP contribution in [-0.4, -0.2) is 30.5 Å². The van der Waals surface area contributed by atoms with Crippen LogP contribution in [0.4, 0.5) is 0 Å². The number of amides is 1. The van der Waals surface area contributed by atoms with E-state index in [4.69, 9.17) is 5.73 Å². The molecule has 1 aliphatic rings. The Balaban J connectivity index is 1.97. The highest BCUT2D eigenvalue weighted by molar-refractivity contribution is 7.98. The first-order valence-corrected chi connectivity index (χ1v) is 6.64. The van der Waals surface area contributed by atoms with Gasteiger partial charge in [-0.25, -0.2) is 0 Å². The van der Waals surface area contributed by atoms with Crippen LogP contribution in [0.15, 0.2) is 0 Å². The molecule has 0 spiro atoms. The molecular formula is C10H20N2OS. The smallest absolute Gasteiger partial charge is 0.221 e. The predicted molar refractivity (Wildman–Crippen MR) is 61.3 cm³/mol. The summed E-state index contributed by atoms with van der Waals surface area (Å²) in [6.45, 7) is 0.789. The van der Waals surface area contributed by atoms with Gasteiger partial charge >= 0.3 is 0 Å². The molecule has 1 saturated carbocycles. The van der Waals surface area contributed by atoms with Crippen LogP contribution in [0, 0.1) is 5.92 Å². The number of nitrogens with two attached hydrogens (primary N) is 1. The molecule has 0 heterocycles. The lowest BCUT2D eigenvalue weighted by Crippen LogP contribution is -2.33. The standard InChI is InChI=1S/C10H20N2OS/c1-14-6-2-5-12-10(13)7-9(11)8-3-4-8/h8-9H,2-7,11H2,1H3,(H,12,13). The molecule has 1 fully saturated rings. The molecule has 3 nitrogen and oxygen atoms in total. The van der Waals surface area contributed by atoms with Crippen LogP contribution in [0.5, 0.6) is 0 Å². The van der Waals surface area contributed by atoms with Gasteiger partial charge in [0.1, 0.15) is 0 Å². The van der Waals surface area contributed by atoms with E-state index in [-0.39, 0.29) is 11.9 Å². The van der Waals surface area contributed by atoms with E-state index in [2.05, 4.69) is 11.6 Å². The average molecular weight is 216 g/mol. The number of thioether (sulfide) groups is 1. The number of nitrogens with one attached hydrogen (secondary N) is 1. The maximum Gasteiger partial charge on any atom is 0.221 e. The fourth-order valence-electron chi connectivity index (χ4n) is 1.42. The van der Waals surface area contributed by atoms with Crippen LogP contribution in [0.1, 0.15) is 25.7 Å². The third kappa shape index (κ3) is 4.86. The maximum atomic E-state index is 11.4. The minimum Gasteiger partial charge on any atom is -0.356 e. The van der Waals surface area contributed by atoms with Crippen molar-refractivity contribution in [3.8, 4) is 0 Å². The number of hydrogen-bond donors (Lipinski definition) is 2. The van der Waals surface area contributed by atoms with Gasteiger partial charge in [0.2, 0.25) is 5.91 Å². The van der Waals surface area contributed by atoms with Crippen molar-refractivity contribution in [3.05, 3.63) is 0 Å². The molecule has 0 bridgehead atoms. The van der Waals surface area contributed by atoms with Crippen molar-refractivity contribution in [2.75, 3.05) is 18.6 Å². The first kappa shape index (κ1) is 11.9. The third-order valence-electron chi connectivity index (χ3n) is 2.50. The van der Waals surface area contributed by atoms with Crippen molar-refractivity contribution >= 4 is 17.7 Å². The van der Waals surface area contributed by atoms with Gasteiger partial charge in [-0.15, -0.1) is 0 Å². The minimum absolute atomic E-state index is 0.0931. The van der Waals surface area contributed by atoms with Gasteiger partial charge in [0, 0.05) is 19.0 Å². The zero-order valence-corrected chi connectivity index (χ0v) is 9.61. The van der Waals surface area contributed by atoms with E-state index in [1.54, 1.807) is 11.8 Å². The Hall–Kier alpha value is -0.220. The number of rotatable bonds is 7. The van der Waals surface area contributed by atoms with Crippen LogP contribution >= 0.6 is 11.8 Å². The van der Waals surface area contributed by atoms with E-state index in [9.17, 15) is 4.79 Å². The van der Waals surface area contributed by atoms with Gasteiger partial charge in [-0.1, -0.05) is 0 Å². The molecule has 3 N–H and O–H groups in total. The van der Waals surface area contributed by atoms with Crippen LogP contribution in [0.2, 0.25) is 0 Å². The van der Waals surface area contributed by atoms with Gasteiger partial charge in [0.05, 0.1) is 0 Å². The molecule has 0 aromatic rings. The Morgan fingerprint density at radius 1 is 1.64 bits per heavy atom. The second-order valence-corrected chi connectivity index (χ2v) is 4.89. The molecule has 0 aromatic carbocycles. The Morgan fingerprint density at radius 2 is 2.36 bits per heavy atom. The number of carbonyl (C=O) groups is 1. The highest BCUT2D eigenvalue weighted by atomic mass is 32.2. The van der Waals surface area contributed by atoms with E-state index in [1.807, 2.05) is 0 Å². The largest absolute Gasteiger partial charge is 0.356 e. The van der Waals surface area contributed by atoms with Crippen LogP contribution in [0.25, 0.3) is 0 Å². The van der Waals surface area contributed by atoms with Crippen molar-refractivity contribution in [1.82, 2.24) is 5.32 Å². The molecule has 1 atom stereocenters. The first-order chi connectivity index (χ1) is 6.74. The first-order valence-electron chi connectivity index (χ1n) is 5.25. The Labute approximate surface area is 90.2 Å². The second-order valence-electron chi connectivity index (χ2n) is 3.90. The third-order valence-corrected chi connectivity index (χ3v) is 3.19. The van der Waals surface area contributed by atoms with Gasteiger partial charge < -0.3 is 11.1 Å². The van der Waals surface area contributed by atoms with Gasteiger partial charge in [-0.2, -0.15) is 11.8 Å². The normalized spacial score (nSPS) is 17.9. The van der Waals surface area contributed by atoms with Crippen LogP contribution < -0.4 is 11.1 Å². The highest BCUT2D eigenvalue weighted by Gasteiger charge is 2.29. The molecule has 1 amide bonds. The lowest BCUT2D eigenvalue weighted by atomic mass is 10.1. The quantitative estimate of drug-likeness (QED) is 0.624. The lowest BCUT2D eigenvalue weighted by molar-refractivity contribution is -0.121. The van der Waals surface area contributed by atoms with E-state index in [1.165, 1.54) is 12.8 Å². The van der Waals surface area contributed by atoms with Gasteiger partial charge in [-0.3, -0.25) is 4.79 Å². The SMILES string of the molecule is CSCCCNC(=O)CC(N)C1CC1. The van der Waals surface area contributed by atoms with E-state index >= 15 is 0 Å². The highest BCUT2D eigenvalue weighted by Crippen LogP contribution is 2.32. The number of hydrogen-bond acceptors (Lipinski definition) is 3. The monoisotopic (exact) mass is 216 g/mol. The molecule has 4 heteroatoms. The molecule has 0 saturated heterocycles. The molecular weight excluding hydrogens is 196 g/mol. The Bertz CT molecular complexity index is 183. The molecule has 1 unspecified atom stereocenters. The number of carbonyl (C=O) groups excluding carboxylic acids is 1. The molecule has 0 aliphatic heterocycles. The fraction of sp³-hybridized carbons (Fsp3) is 0.900. The zero-order valence-electron chi connectivity index (χ0n) is 8.79. The summed E-state index contributed by atoms with van der Waals surface area (Å²) >= 11 is 1.81. The van der Waals surface area contributed by atoms with Crippen molar-refractivity contribution in [1.29, 1.82) is 0 Å². The van der Waals surface area contributed by atoms with Crippen molar-refractivity contribution in [3.63, 3.8) is 0 Å². The van der Waals surface area contributed by atoms with Crippen molar-refractivity contribution < 1.29 is 4.79 Å². The minimum atomic E-state index is 0.0931. The summed E-state index contributed by atoms with van der Waals surface area (Å²) in [6.07, 6.45) is 6.04.